The zero-order valence-corrected chi connectivity index (χ0v) is 97.5. The van der Waals surface area contributed by atoms with Crippen LogP contribution >= 0.6 is 0 Å². The third kappa shape index (κ3) is 74.8. The van der Waals surface area contributed by atoms with E-state index in [-0.39, 0.29) is 21.1 Å². The van der Waals surface area contributed by atoms with Gasteiger partial charge in [-0.05, 0) is 0 Å². The van der Waals surface area contributed by atoms with Crippen LogP contribution in [0, 0.1) is 0 Å². The average molecular weight is 2320 g/mol. The molecule has 0 heterocycles. The van der Waals surface area contributed by atoms with E-state index in [2.05, 4.69) is 76.2 Å². The predicted molar refractivity (Wildman–Crippen MR) is 487 cm³/mol. The van der Waals surface area contributed by atoms with E-state index in [1.165, 1.54) is 269 Å². The summed E-state index contributed by atoms with van der Waals surface area (Å²) in [6, 6.07) is 9.83. The molecule has 110 heavy (non-hydrogen) atoms. The van der Waals surface area contributed by atoms with E-state index < -0.39 is 103 Å². The molecule has 5 radical (unpaired) electrons. The van der Waals surface area contributed by atoms with E-state index in [1.54, 1.807) is 86.5 Å². The second-order valence-electron chi connectivity index (χ2n) is 29.1. The summed E-state index contributed by atoms with van der Waals surface area (Å²) in [5, 5.41) is 0. The Balaban J connectivity index is -0.000000296. The minimum absolute atomic E-state index is 0.116. The molecular formula is C87H189O16Sn7. The fourth-order valence-electron chi connectivity index (χ4n) is 12.3. The van der Waals surface area contributed by atoms with E-state index in [0.717, 1.165) is 77.2 Å². The molecule has 0 fully saturated rings. The first-order chi connectivity index (χ1) is 53.4. The van der Waals surface area contributed by atoms with Crippen LogP contribution in [0.4, 0.5) is 0 Å². The van der Waals surface area contributed by atoms with E-state index in [9.17, 15) is 0 Å². The molecule has 0 bridgehead atoms. The molecule has 0 saturated carbocycles. The molecule has 661 valence electrons. The van der Waals surface area contributed by atoms with Crippen molar-refractivity contribution in [2.45, 2.75) is 405 Å². The first-order valence-corrected chi connectivity index (χ1v) is 79.7. The Labute approximate surface area is 737 Å². The summed E-state index contributed by atoms with van der Waals surface area (Å²) in [6.07, 6.45) is 57.3. The summed E-state index contributed by atoms with van der Waals surface area (Å²) in [6.45, 7) is 27.1. The van der Waals surface area contributed by atoms with Crippen LogP contribution in [0.15, 0.2) is 30.3 Å². The van der Waals surface area contributed by atoms with Gasteiger partial charge in [0.1, 0.15) is 0 Å². The molecule has 0 saturated heterocycles. The fourth-order valence-corrected chi connectivity index (χ4v) is 51.4. The van der Waals surface area contributed by atoms with Crippen molar-refractivity contribution < 1.29 is 54.2 Å². The summed E-state index contributed by atoms with van der Waals surface area (Å²) in [7, 11) is 22.4. The second-order valence-corrected chi connectivity index (χ2v) is 80.5. The number of methoxy groups -OCH3 is 3. The Bertz CT molecular complexity index is 1700. The number of benzene rings is 1. The van der Waals surface area contributed by atoms with E-state index in [1.807, 2.05) is 58.8 Å². The predicted octanol–water partition coefficient (Wildman–Crippen LogP) is 26.1. The quantitative estimate of drug-likeness (QED) is 0.0346. The van der Waals surface area contributed by atoms with Crippen molar-refractivity contribution in [3.8, 4) is 0 Å². The second kappa shape index (κ2) is 97.0. The van der Waals surface area contributed by atoms with Crippen LogP contribution in [0.5, 0.6) is 0 Å². The average Bonchev–Trinajstić information content (AvgIpc) is 0.920. The van der Waals surface area contributed by atoms with Crippen molar-refractivity contribution in [2.75, 3.05) is 112 Å². The molecule has 0 unspecified atom stereocenters. The summed E-state index contributed by atoms with van der Waals surface area (Å²) < 4.78 is 103. The first-order valence-electron chi connectivity index (χ1n) is 44.9. The van der Waals surface area contributed by atoms with Gasteiger partial charge < -0.3 is 0 Å². The van der Waals surface area contributed by atoms with Crippen molar-refractivity contribution in [3.63, 3.8) is 0 Å². The topological polar surface area (TPSA) is 148 Å². The number of hydrogen-bond acceptors (Lipinski definition) is 16. The zero-order valence-electron chi connectivity index (χ0n) is 77.5. The molecule has 1 aromatic rings. The Kier molecular flexibility index (Phi) is 110. The summed E-state index contributed by atoms with van der Waals surface area (Å²) in [4.78, 5) is 0. The van der Waals surface area contributed by atoms with Crippen LogP contribution in [0.25, 0.3) is 0 Å². The van der Waals surface area contributed by atoms with Crippen LogP contribution in [0.2, 0.25) is 39.9 Å². The third-order valence-corrected chi connectivity index (χ3v) is 70.3. The number of unbranched alkanes of at least 4 members (excludes halogenated alkanes) is 31. The molecule has 1 aromatic carbocycles. The zero-order chi connectivity index (χ0) is 83.7. The molecule has 0 N–H and O–H groups in total. The van der Waals surface area contributed by atoms with Gasteiger partial charge in [0, 0.05) is 0 Å². The van der Waals surface area contributed by atoms with E-state index in [4.69, 9.17) is 54.2 Å². The van der Waals surface area contributed by atoms with Gasteiger partial charge in [-0.1, -0.05) is 0 Å². The van der Waals surface area contributed by atoms with Crippen LogP contribution in [0.3, 0.4) is 0 Å². The van der Waals surface area contributed by atoms with Gasteiger partial charge in [0.25, 0.3) is 0 Å². The minimum atomic E-state index is -3.37. The Hall–Kier alpha value is 4.17. The van der Waals surface area contributed by atoms with Gasteiger partial charge in [0.05, 0.1) is 0 Å². The molecular weight excluding hydrogens is 2130 g/mol. The molecule has 0 aromatic heterocycles. The van der Waals surface area contributed by atoms with Crippen LogP contribution < -0.4 is 3.58 Å². The molecule has 0 spiro atoms. The van der Waals surface area contributed by atoms with Crippen LogP contribution in [0.1, 0.15) is 359 Å². The maximum absolute atomic E-state index is 6.36. The molecule has 0 aliphatic rings. The van der Waals surface area contributed by atoms with Crippen molar-refractivity contribution in [2.24, 2.45) is 0 Å². The fraction of sp³-hybridized carbons (Fsp3) is 0.931. The third-order valence-electron chi connectivity index (χ3n) is 20.1. The van der Waals surface area contributed by atoms with Crippen molar-refractivity contribution in [1.82, 2.24) is 0 Å². The monoisotopic (exact) mass is 2330 g/mol. The standard InChI is InChI=1S/5C8H17.C7H15O3.C6H5.3C4H9O.3C4H9.10CH3O.7Sn/c5*1-3-5-7-8-6-4-2;1-5-6-7(8-2,9-3)10-4;1-2-4-6-5-3-1;3*1-2-3-4-5;3*1-3-4-2;10*1-2;;;;;;;/h5*1,3-8H2,2H3;1,5-6H2,2-4H3;1-5H;3*2-4H2,1H3;3*1,3-4H2,2H3;10*1H3;;;;;;;/q;;;;;;;3*-1;;;;10*-1;;;2*+2;3*+3. The molecule has 0 aliphatic heterocycles. The van der Waals surface area contributed by atoms with Gasteiger partial charge in [0.2, 0.25) is 0 Å². The van der Waals surface area contributed by atoms with E-state index in [0.29, 0.717) is 0 Å². The van der Waals surface area contributed by atoms with Gasteiger partial charge in [-0.2, -0.15) is 0 Å². The Morgan fingerprint density at radius 3 is 0.800 bits per heavy atom. The molecule has 0 atom stereocenters. The van der Waals surface area contributed by atoms with E-state index >= 15 is 0 Å². The summed E-state index contributed by atoms with van der Waals surface area (Å²) in [5.74, 6) is -0.801. The number of hydrogen-bond donors (Lipinski definition) is 0. The Morgan fingerprint density at radius 2 is 0.545 bits per heavy atom. The normalized spacial score (nSPS) is 11.8. The van der Waals surface area contributed by atoms with Crippen molar-refractivity contribution in [3.05, 3.63) is 30.3 Å². The molecule has 1 rings (SSSR count). The summed E-state index contributed by atoms with van der Waals surface area (Å²) in [5.41, 5.74) is 0. The number of rotatable bonds is 73. The van der Waals surface area contributed by atoms with Crippen LogP contribution in [-0.2, 0) is 54.2 Å². The summed E-state index contributed by atoms with van der Waals surface area (Å²) >= 11 is -13.4. The number of ether oxygens (including phenoxy) is 3. The Morgan fingerprint density at radius 1 is 0.273 bits per heavy atom. The SMILES string of the molecule is CCCCCCC[CH2][Sn]([CH2]CCCCCCC)([O]C)[O]C.CCCCCCC[CH2][Sn]([CH2]CCCCCCC)([O]C)[O]C.CCCCCCC[CH2][Sn]([O]CCCC)([O]CCCC)[O]CCCC.CCC[CH2][Sn].CCC[CH2][Sn]([O]C)([O]C)[O]C.CCC[CH2][Sn][CH2]CCC(OC)(OC)OC.C[O][Sn]([O]C)([O]C)[c]1ccccc1. The van der Waals surface area contributed by atoms with Gasteiger partial charge in [0.15, 0.2) is 0 Å². The van der Waals surface area contributed by atoms with Crippen molar-refractivity contribution in [1.29, 1.82) is 0 Å². The van der Waals surface area contributed by atoms with Crippen LogP contribution in [-0.4, -0.2) is 259 Å². The first kappa shape index (κ1) is 125. The van der Waals surface area contributed by atoms with Crippen molar-refractivity contribution >= 4 is 145 Å². The van der Waals surface area contributed by atoms with Gasteiger partial charge in [-0.25, -0.2) is 0 Å². The molecule has 0 amide bonds. The molecule has 16 nitrogen and oxygen atoms in total. The van der Waals surface area contributed by atoms with Gasteiger partial charge >= 0.3 is 746 Å². The van der Waals surface area contributed by atoms with Gasteiger partial charge in [-0.3, -0.25) is 0 Å². The molecule has 23 heteroatoms. The molecule has 0 aliphatic carbocycles. The van der Waals surface area contributed by atoms with Gasteiger partial charge in [-0.15, -0.1) is 0 Å². The maximum atomic E-state index is 6.36.